The molecule has 12 heteroatoms. The molecule has 3 amide bonds. The number of Topliss-reactive ketones (excluding diaryl/α,β-unsaturated/α-hetero) is 1. The SMILES string of the molecule is CC[C@H](NC(=O)[C@@H](NC(=O)CCc1ccccc1)C(C)C)C(=O)C(=O)NCCCn1cnc2c(N)nc(C)nc21. The predicted molar refractivity (Wildman–Crippen MR) is 151 cm³/mol. The van der Waals surface area contributed by atoms with Gasteiger partial charge in [0.25, 0.3) is 5.91 Å². The van der Waals surface area contributed by atoms with Crippen molar-refractivity contribution >= 4 is 40.5 Å². The number of hydrogen-bond acceptors (Lipinski definition) is 8. The number of anilines is 1. The van der Waals surface area contributed by atoms with Crippen molar-refractivity contribution in [3.8, 4) is 0 Å². The summed E-state index contributed by atoms with van der Waals surface area (Å²) < 4.78 is 1.81. The van der Waals surface area contributed by atoms with Crippen molar-refractivity contribution in [2.75, 3.05) is 12.3 Å². The molecule has 2 atom stereocenters. The summed E-state index contributed by atoms with van der Waals surface area (Å²) in [6, 6.07) is 7.76. The van der Waals surface area contributed by atoms with Crippen molar-refractivity contribution in [2.24, 2.45) is 5.92 Å². The van der Waals surface area contributed by atoms with Crippen LogP contribution in [0.4, 0.5) is 5.82 Å². The van der Waals surface area contributed by atoms with Gasteiger partial charge in [0, 0.05) is 19.5 Å². The van der Waals surface area contributed by atoms with Crippen molar-refractivity contribution in [1.29, 1.82) is 0 Å². The maximum absolute atomic E-state index is 13.0. The molecule has 3 rings (SSSR count). The first-order valence-corrected chi connectivity index (χ1v) is 13.5. The summed E-state index contributed by atoms with van der Waals surface area (Å²) in [5, 5.41) is 8.04. The lowest BCUT2D eigenvalue weighted by molar-refractivity contribution is -0.140. The number of aromatic nitrogens is 4. The average molecular weight is 551 g/mol. The van der Waals surface area contributed by atoms with E-state index in [-0.39, 0.29) is 31.2 Å². The minimum Gasteiger partial charge on any atom is -0.382 e. The second-order valence-corrected chi connectivity index (χ2v) is 9.98. The predicted octanol–water partition coefficient (Wildman–Crippen LogP) is 1.46. The van der Waals surface area contributed by atoms with Crippen LogP contribution in [0, 0.1) is 12.8 Å². The number of rotatable bonds is 14. The first kappa shape index (κ1) is 30.2. The van der Waals surface area contributed by atoms with Crippen molar-refractivity contribution in [3.05, 3.63) is 48.0 Å². The number of nitrogens with zero attached hydrogens (tertiary/aromatic N) is 4. The molecule has 12 nitrogen and oxygen atoms in total. The van der Waals surface area contributed by atoms with Gasteiger partial charge >= 0.3 is 0 Å². The molecule has 0 aliphatic rings. The number of ketones is 1. The molecule has 0 spiro atoms. The number of hydrogen-bond donors (Lipinski definition) is 4. The molecule has 2 aromatic heterocycles. The van der Waals surface area contributed by atoms with E-state index < -0.39 is 29.7 Å². The summed E-state index contributed by atoms with van der Waals surface area (Å²) in [5.74, 6) is -1.66. The highest BCUT2D eigenvalue weighted by molar-refractivity contribution is 6.38. The van der Waals surface area contributed by atoms with Crippen LogP contribution in [0.25, 0.3) is 11.2 Å². The molecule has 0 aliphatic heterocycles. The third-order valence-corrected chi connectivity index (χ3v) is 6.48. The van der Waals surface area contributed by atoms with Gasteiger partial charge in [0.2, 0.25) is 17.6 Å². The summed E-state index contributed by atoms with van der Waals surface area (Å²) in [7, 11) is 0. The molecule has 1 aromatic carbocycles. The lowest BCUT2D eigenvalue weighted by atomic mass is 10.0. The zero-order chi connectivity index (χ0) is 29.2. The van der Waals surface area contributed by atoms with Crippen LogP contribution < -0.4 is 21.7 Å². The lowest BCUT2D eigenvalue weighted by Gasteiger charge is -2.24. The van der Waals surface area contributed by atoms with Crippen LogP contribution in [0.3, 0.4) is 0 Å². The van der Waals surface area contributed by atoms with Crippen LogP contribution >= 0.6 is 0 Å². The van der Waals surface area contributed by atoms with E-state index in [9.17, 15) is 19.2 Å². The molecule has 0 aliphatic carbocycles. The van der Waals surface area contributed by atoms with E-state index in [0.29, 0.717) is 42.2 Å². The van der Waals surface area contributed by atoms with Crippen molar-refractivity contribution < 1.29 is 19.2 Å². The number of amides is 3. The highest BCUT2D eigenvalue weighted by atomic mass is 16.2. The number of benzene rings is 1. The van der Waals surface area contributed by atoms with Crippen LogP contribution in [0.15, 0.2) is 36.7 Å². The molecule has 40 heavy (non-hydrogen) atoms. The van der Waals surface area contributed by atoms with E-state index in [1.807, 2.05) is 48.7 Å². The minimum atomic E-state index is -1.00. The highest BCUT2D eigenvalue weighted by Crippen LogP contribution is 2.16. The number of carbonyl (C=O) groups is 4. The Hall–Kier alpha value is -4.35. The molecule has 0 saturated carbocycles. The fraction of sp³-hybridized carbons (Fsp3) is 0.464. The van der Waals surface area contributed by atoms with Crippen LogP contribution in [0.2, 0.25) is 0 Å². The lowest BCUT2D eigenvalue weighted by Crippen LogP contribution is -2.55. The Labute approximate surface area is 233 Å². The Morgan fingerprint density at radius 1 is 1.05 bits per heavy atom. The van der Waals surface area contributed by atoms with E-state index >= 15 is 0 Å². The molecule has 3 aromatic rings. The van der Waals surface area contributed by atoms with E-state index in [0.717, 1.165) is 5.56 Å². The summed E-state index contributed by atoms with van der Waals surface area (Å²) in [4.78, 5) is 63.6. The van der Waals surface area contributed by atoms with Crippen molar-refractivity contribution in [3.63, 3.8) is 0 Å². The number of carbonyl (C=O) groups excluding carboxylic acids is 4. The standard InChI is InChI=1S/C28H38N8O4/c1-5-20(34-27(39)22(17(2)3)35-21(37)13-12-19-10-7-6-8-11-19)24(38)28(40)30-14-9-15-36-16-31-23-25(29)32-18(4)33-26(23)36/h6-8,10-11,16-17,20,22H,5,9,12-15H2,1-4H3,(H,30,40)(H,34,39)(H,35,37)(H2,29,32,33)/t20-,22-/m0/s1. The van der Waals surface area contributed by atoms with Gasteiger partial charge in [0.15, 0.2) is 11.5 Å². The van der Waals surface area contributed by atoms with Crippen LogP contribution in [-0.2, 0) is 32.1 Å². The third-order valence-electron chi connectivity index (χ3n) is 6.48. The van der Waals surface area contributed by atoms with Gasteiger partial charge in [-0.25, -0.2) is 15.0 Å². The second-order valence-electron chi connectivity index (χ2n) is 9.98. The maximum atomic E-state index is 13.0. The molecule has 214 valence electrons. The molecule has 0 fully saturated rings. The Kier molecular flexibility index (Phi) is 10.7. The molecular formula is C28H38N8O4. The third kappa shape index (κ3) is 8.08. The Bertz CT molecular complexity index is 1340. The largest absolute Gasteiger partial charge is 0.382 e. The van der Waals surface area contributed by atoms with Gasteiger partial charge in [-0.05, 0) is 37.7 Å². The van der Waals surface area contributed by atoms with Gasteiger partial charge in [0.05, 0.1) is 12.4 Å². The van der Waals surface area contributed by atoms with Crippen LogP contribution in [0.1, 0.15) is 51.4 Å². The molecule has 0 radical (unpaired) electrons. The Morgan fingerprint density at radius 2 is 1.77 bits per heavy atom. The first-order chi connectivity index (χ1) is 19.1. The zero-order valence-electron chi connectivity index (χ0n) is 23.4. The topological polar surface area (TPSA) is 174 Å². The number of nitrogens with one attached hydrogen (secondary N) is 3. The number of aryl methyl sites for hydroxylation is 3. The van der Waals surface area contributed by atoms with Gasteiger partial charge < -0.3 is 26.3 Å². The van der Waals surface area contributed by atoms with Crippen molar-refractivity contribution in [2.45, 2.75) is 72.0 Å². The van der Waals surface area contributed by atoms with Gasteiger partial charge in [-0.15, -0.1) is 0 Å². The molecule has 0 saturated heterocycles. The average Bonchev–Trinajstić information content (AvgIpc) is 3.34. The number of imidazole rings is 1. The zero-order valence-corrected chi connectivity index (χ0v) is 23.4. The van der Waals surface area contributed by atoms with Gasteiger partial charge in [0.1, 0.15) is 17.4 Å². The Balaban J connectivity index is 1.48. The number of nitrogens with two attached hydrogens (primary N) is 1. The van der Waals surface area contributed by atoms with E-state index in [4.69, 9.17) is 5.73 Å². The van der Waals surface area contributed by atoms with Gasteiger partial charge in [-0.2, -0.15) is 0 Å². The van der Waals surface area contributed by atoms with E-state index in [1.165, 1.54) is 0 Å². The van der Waals surface area contributed by atoms with Gasteiger partial charge in [-0.1, -0.05) is 51.1 Å². The maximum Gasteiger partial charge on any atom is 0.289 e. The van der Waals surface area contributed by atoms with Crippen LogP contribution in [0.5, 0.6) is 0 Å². The monoisotopic (exact) mass is 550 g/mol. The highest BCUT2D eigenvalue weighted by Gasteiger charge is 2.30. The fourth-order valence-corrected chi connectivity index (χ4v) is 4.24. The van der Waals surface area contributed by atoms with Gasteiger partial charge in [-0.3, -0.25) is 19.2 Å². The second kappa shape index (κ2) is 14.2. The molecule has 0 bridgehead atoms. The first-order valence-electron chi connectivity index (χ1n) is 13.5. The van der Waals surface area contributed by atoms with Crippen molar-refractivity contribution in [1.82, 2.24) is 35.5 Å². The molecule has 2 heterocycles. The quantitative estimate of drug-likeness (QED) is 0.172. The summed E-state index contributed by atoms with van der Waals surface area (Å²) in [5.41, 5.74) is 8.04. The number of nitrogen functional groups attached to an aromatic ring is 1. The number of fused-ring (bicyclic) bond motifs is 1. The fourth-order valence-electron chi connectivity index (χ4n) is 4.24. The molecule has 5 N–H and O–H groups in total. The smallest absolute Gasteiger partial charge is 0.289 e. The normalized spacial score (nSPS) is 12.6. The molecular weight excluding hydrogens is 512 g/mol. The summed E-state index contributed by atoms with van der Waals surface area (Å²) in [6.45, 7) is 7.80. The molecule has 0 unspecified atom stereocenters. The summed E-state index contributed by atoms with van der Waals surface area (Å²) in [6.07, 6.45) is 3.13. The van der Waals surface area contributed by atoms with Crippen LogP contribution in [-0.4, -0.2) is 61.7 Å². The minimum absolute atomic E-state index is 0.217. The Morgan fingerprint density at radius 3 is 2.45 bits per heavy atom. The van der Waals surface area contributed by atoms with E-state index in [2.05, 4.69) is 30.9 Å². The van der Waals surface area contributed by atoms with E-state index in [1.54, 1.807) is 20.2 Å². The summed E-state index contributed by atoms with van der Waals surface area (Å²) >= 11 is 0.